The summed E-state index contributed by atoms with van der Waals surface area (Å²) in [5.74, 6) is 0.326. The number of fused-ring (bicyclic) bond motifs is 1. The Morgan fingerprint density at radius 2 is 1.84 bits per heavy atom. The molecule has 0 unspecified atom stereocenters. The van der Waals surface area contributed by atoms with Gasteiger partial charge in [0.2, 0.25) is 0 Å². The normalized spacial score (nSPS) is 10.8. The van der Waals surface area contributed by atoms with Crippen molar-refractivity contribution in [3.63, 3.8) is 0 Å². The fraction of sp³-hybridized carbons (Fsp3) is 0.130. The Bertz CT molecular complexity index is 1200. The Hall–Kier alpha value is -3.16. The van der Waals surface area contributed by atoms with Gasteiger partial charge in [0.15, 0.2) is 11.7 Å². The summed E-state index contributed by atoms with van der Waals surface area (Å²) in [6.07, 6.45) is 0. The van der Waals surface area contributed by atoms with Gasteiger partial charge in [0, 0.05) is 0 Å². The predicted molar refractivity (Wildman–Crippen MR) is 121 cm³/mol. The minimum absolute atomic E-state index is 0.223. The molecule has 4 aromatic rings. The number of amides is 1. The summed E-state index contributed by atoms with van der Waals surface area (Å²) in [4.78, 5) is 19.3. The second-order valence-electron chi connectivity index (χ2n) is 6.63. The molecule has 0 aliphatic heterocycles. The van der Waals surface area contributed by atoms with E-state index in [2.05, 4.69) is 4.98 Å². The number of aromatic nitrogens is 1. The van der Waals surface area contributed by atoms with Crippen LogP contribution in [0, 0.1) is 5.82 Å². The van der Waals surface area contributed by atoms with Crippen LogP contribution in [-0.4, -0.2) is 24.6 Å². The molecule has 1 aromatic heterocycles. The van der Waals surface area contributed by atoms with Gasteiger partial charge >= 0.3 is 0 Å². The largest absolute Gasteiger partial charge is 0.494 e. The number of nitrogens with zero attached hydrogens (tertiary/aromatic N) is 2. The lowest BCUT2D eigenvalue weighted by molar-refractivity contribution is -0.120. The van der Waals surface area contributed by atoms with Gasteiger partial charge in [-0.25, -0.2) is 9.37 Å². The fourth-order valence-electron chi connectivity index (χ4n) is 3.00. The molecule has 0 aliphatic rings. The van der Waals surface area contributed by atoms with E-state index in [-0.39, 0.29) is 18.3 Å². The minimum atomic E-state index is -0.371. The van der Waals surface area contributed by atoms with Crippen molar-refractivity contribution in [2.75, 3.05) is 18.6 Å². The SMILES string of the molecule is COc1ccc(Cl)c2sc(N(Cc3ccccc3)C(=O)COc3ccc(F)cc3)nc12. The standard InChI is InChI=1S/C23H18ClFN2O3S/c1-29-19-12-11-18(24)22-21(19)26-23(31-22)27(13-15-5-3-2-4-6-15)20(28)14-30-17-9-7-16(25)8-10-17/h2-12H,13-14H2,1H3. The summed E-state index contributed by atoms with van der Waals surface area (Å²) < 4.78 is 24.8. The Kier molecular flexibility index (Phi) is 6.34. The number of carbonyl (C=O) groups excluding carboxylic acids is 1. The first kappa shape index (κ1) is 21.1. The van der Waals surface area contributed by atoms with E-state index in [1.165, 1.54) is 35.6 Å². The third kappa shape index (κ3) is 4.78. The molecule has 1 amide bonds. The number of hydrogen-bond acceptors (Lipinski definition) is 5. The van der Waals surface area contributed by atoms with E-state index in [0.29, 0.717) is 33.7 Å². The summed E-state index contributed by atoms with van der Waals surface area (Å²) >= 11 is 7.66. The van der Waals surface area contributed by atoms with Gasteiger partial charge < -0.3 is 9.47 Å². The second-order valence-corrected chi connectivity index (χ2v) is 8.02. The quantitative estimate of drug-likeness (QED) is 0.357. The van der Waals surface area contributed by atoms with E-state index >= 15 is 0 Å². The Morgan fingerprint density at radius 1 is 1.10 bits per heavy atom. The highest BCUT2D eigenvalue weighted by molar-refractivity contribution is 7.23. The van der Waals surface area contributed by atoms with E-state index < -0.39 is 0 Å². The lowest BCUT2D eigenvalue weighted by Gasteiger charge is -2.20. The van der Waals surface area contributed by atoms with Crippen LogP contribution in [0.1, 0.15) is 5.56 Å². The summed E-state index contributed by atoms with van der Waals surface area (Å²) in [5, 5.41) is 1.02. The summed E-state index contributed by atoms with van der Waals surface area (Å²) in [5.41, 5.74) is 1.54. The summed E-state index contributed by atoms with van der Waals surface area (Å²) in [6.45, 7) is 0.0888. The lowest BCUT2D eigenvalue weighted by atomic mass is 10.2. The zero-order valence-corrected chi connectivity index (χ0v) is 18.1. The molecule has 0 atom stereocenters. The summed E-state index contributed by atoms with van der Waals surface area (Å²) in [7, 11) is 1.56. The third-order valence-corrected chi connectivity index (χ3v) is 6.10. The number of thiazole rings is 1. The molecular formula is C23H18ClFN2O3S. The average molecular weight is 457 g/mol. The van der Waals surface area contributed by atoms with Gasteiger partial charge in [-0.2, -0.15) is 0 Å². The molecule has 5 nitrogen and oxygen atoms in total. The first-order valence-corrected chi connectivity index (χ1v) is 10.6. The van der Waals surface area contributed by atoms with E-state index in [1.807, 2.05) is 30.3 Å². The van der Waals surface area contributed by atoms with Crippen LogP contribution >= 0.6 is 22.9 Å². The third-order valence-electron chi connectivity index (χ3n) is 4.56. The number of benzene rings is 3. The fourth-order valence-corrected chi connectivity index (χ4v) is 4.28. The molecule has 0 saturated heterocycles. The first-order valence-electron chi connectivity index (χ1n) is 9.41. The number of halogens is 2. The number of rotatable bonds is 7. The van der Waals surface area contributed by atoms with E-state index in [4.69, 9.17) is 21.1 Å². The zero-order chi connectivity index (χ0) is 21.8. The molecule has 0 bridgehead atoms. The highest BCUT2D eigenvalue weighted by Gasteiger charge is 2.23. The number of anilines is 1. The second kappa shape index (κ2) is 9.32. The van der Waals surface area contributed by atoms with Gasteiger partial charge in [0.1, 0.15) is 22.8 Å². The molecule has 31 heavy (non-hydrogen) atoms. The van der Waals surface area contributed by atoms with Crippen LogP contribution in [-0.2, 0) is 11.3 Å². The van der Waals surface area contributed by atoms with Crippen LogP contribution in [0.2, 0.25) is 5.02 Å². The maximum absolute atomic E-state index is 13.1. The molecule has 8 heteroatoms. The zero-order valence-electron chi connectivity index (χ0n) is 16.5. The van der Waals surface area contributed by atoms with Crippen molar-refractivity contribution in [2.45, 2.75) is 6.54 Å². The number of methoxy groups -OCH3 is 1. The molecule has 1 heterocycles. The number of ether oxygens (including phenoxy) is 2. The Morgan fingerprint density at radius 3 is 2.55 bits per heavy atom. The van der Waals surface area contributed by atoms with Crippen LogP contribution in [0.3, 0.4) is 0 Å². The Balaban J connectivity index is 1.65. The molecule has 158 valence electrons. The van der Waals surface area contributed by atoms with Gasteiger partial charge in [-0.1, -0.05) is 53.3 Å². The van der Waals surface area contributed by atoms with Gasteiger partial charge in [-0.3, -0.25) is 9.69 Å². The molecular weight excluding hydrogens is 439 g/mol. The molecule has 0 aliphatic carbocycles. The van der Waals surface area contributed by atoms with Gasteiger partial charge in [-0.15, -0.1) is 0 Å². The molecule has 0 fully saturated rings. The van der Waals surface area contributed by atoms with Crippen molar-refractivity contribution >= 4 is 44.2 Å². The van der Waals surface area contributed by atoms with Gasteiger partial charge in [-0.05, 0) is 42.0 Å². The molecule has 0 N–H and O–H groups in total. The summed E-state index contributed by atoms with van der Waals surface area (Å²) in [6, 6.07) is 18.6. The van der Waals surface area contributed by atoms with E-state index in [9.17, 15) is 9.18 Å². The van der Waals surface area contributed by atoms with Crippen LogP contribution in [0.5, 0.6) is 11.5 Å². The van der Waals surface area contributed by atoms with Crippen LogP contribution in [0.15, 0.2) is 66.7 Å². The maximum atomic E-state index is 13.1. The van der Waals surface area contributed by atoms with Gasteiger partial charge in [0.25, 0.3) is 5.91 Å². The number of hydrogen-bond donors (Lipinski definition) is 0. The monoisotopic (exact) mass is 456 g/mol. The minimum Gasteiger partial charge on any atom is -0.494 e. The van der Waals surface area contributed by atoms with E-state index in [0.717, 1.165) is 10.3 Å². The van der Waals surface area contributed by atoms with Gasteiger partial charge in [0.05, 0.1) is 23.4 Å². The topological polar surface area (TPSA) is 51.7 Å². The average Bonchev–Trinajstić information content (AvgIpc) is 3.24. The van der Waals surface area contributed by atoms with Crippen LogP contribution in [0.4, 0.5) is 9.52 Å². The smallest absolute Gasteiger partial charge is 0.267 e. The highest BCUT2D eigenvalue weighted by atomic mass is 35.5. The van der Waals surface area contributed by atoms with Crippen LogP contribution < -0.4 is 14.4 Å². The number of carbonyl (C=O) groups is 1. The molecule has 3 aromatic carbocycles. The Labute approximate surface area is 187 Å². The highest BCUT2D eigenvalue weighted by Crippen LogP contribution is 2.39. The maximum Gasteiger partial charge on any atom is 0.267 e. The van der Waals surface area contributed by atoms with Crippen molar-refractivity contribution in [3.8, 4) is 11.5 Å². The molecule has 0 saturated carbocycles. The molecule has 4 rings (SSSR count). The van der Waals surface area contributed by atoms with Crippen molar-refractivity contribution < 1.29 is 18.7 Å². The first-order chi connectivity index (χ1) is 15.0. The molecule has 0 radical (unpaired) electrons. The lowest BCUT2D eigenvalue weighted by Crippen LogP contribution is -2.34. The van der Waals surface area contributed by atoms with Crippen molar-refractivity contribution in [1.82, 2.24) is 4.98 Å². The van der Waals surface area contributed by atoms with Crippen molar-refractivity contribution in [3.05, 3.63) is 83.1 Å². The predicted octanol–water partition coefficient (Wildman–Crippen LogP) is 5.71. The molecule has 0 spiro atoms. The van der Waals surface area contributed by atoms with Crippen molar-refractivity contribution in [1.29, 1.82) is 0 Å². The van der Waals surface area contributed by atoms with Crippen LogP contribution in [0.25, 0.3) is 10.2 Å². The van der Waals surface area contributed by atoms with Crippen molar-refractivity contribution in [2.24, 2.45) is 0 Å². The van der Waals surface area contributed by atoms with E-state index in [1.54, 1.807) is 24.1 Å².